The van der Waals surface area contributed by atoms with Gasteiger partial charge in [-0.3, -0.25) is 0 Å². The summed E-state index contributed by atoms with van der Waals surface area (Å²) in [7, 11) is 0. The lowest BCUT2D eigenvalue weighted by Gasteiger charge is -2.21. The number of benzene rings is 1. The molecule has 0 aliphatic carbocycles. The first kappa shape index (κ1) is 11.3. The molecule has 0 fully saturated rings. The van der Waals surface area contributed by atoms with Gasteiger partial charge in [0.25, 0.3) is 0 Å². The molecule has 5 nitrogen and oxygen atoms in total. The molecule has 0 aliphatic heterocycles. The maximum Gasteiger partial charge on any atom is 0.230 e. The standard InChI is InChI=1S/C10H15N3O2/c1-9(2)12(13(15)11-14)8-10-6-4-3-5-7-10/h3-7,9,14H,8H2,1-2H3. The highest BCUT2D eigenvalue weighted by Crippen LogP contribution is 2.08. The van der Waals surface area contributed by atoms with E-state index in [1.54, 1.807) is 0 Å². The van der Waals surface area contributed by atoms with E-state index in [1.165, 1.54) is 5.01 Å². The van der Waals surface area contributed by atoms with Crippen molar-refractivity contribution in [1.29, 1.82) is 0 Å². The molecule has 0 spiro atoms. The molecule has 1 rings (SSSR count). The Morgan fingerprint density at radius 1 is 1.40 bits per heavy atom. The van der Waals surface area contributed by atoms with Crippen LogP contribution in [0, 0.1) is 5.21 Å². The molecule has 0 bridgehead atoms. The van der Waals surface area contributed by atoms with Crippen molar-refractivity contribution in [1.82, 2.24) is 5.01 Å². The summed E-state index contributed by atoms with van der Waals surface area (Å²) in [4.78, 5) is 0.206. The van der Waals surface area contributed by atoms with E-state index in [-0.39, 0.29) is 11.0 Å². The lowest BCUT2D eigenvalue weighted by atomic mass is 10.2. The van der Waals surface area contributed by atoms with Gasteiger partial charge in [0.1, 0.15) is 6.54 Å². The summed E-state index contributed by atoms with van der Waals surface area (Å²) in [6, 6.07) is 9.52. The molecule has 0 unspecified atom stereocenters. The zero-order valence-electron chi connectivity index (χ0n) is 8.87. The highest BCUT2D eigenvalue weighted by atomic mass is 16.6. The van der Waals surface area contributed by atoms with Crippen LogP contribution in [0.5, 0.6) is 0 Å². The quantitative estimate of drug-likeness (QED) is 0.469. The van der Waals surface area contributed by atoms with Crippen LogP contribution in [0.2, 0.25) is 0 Å². The van der Waals surface area contributed by atoms with Gasteiger partial charge in [0.05, 0.1) is 11.0 Å². The van der Waals surface area contributed by atoms with Crippen molar-refractivity contribution < 1.29 is 10.2 Å². The van der Waals surface area contributed by atoms with Crippen LogP contribution >= 0.6 is 0 Å². The molecule has 82 valence electrons. The van der Waals surface area contributed by atoms with E-state index in [0.29, 0.717) is 6.54 Å². The second-order valence-corrected chi connectivity index (χ2v) is 3.52. The predicted octanol–water partition coefficient (Wildman–Crippen LogP) is 2.16. The topological polar surface area (TPSA) is 61.9 Å². The molecular weight excluding hydrogens is 194 g/mol. The van der Waals surface area contributed by atoms with Crippen LogP contribution in [0.25, 0.3) is 0 Å². The van der Waals surface area contributed by atoms with Gasteiger partial charge in [-0.05, 0) is 19.4 Å². The van der Waals surface area contributed by atoms with Gasteiger partial charge in [0.2, 0.25) is 5.28 Å². The van der Waals surface area contributed by atoms with Crippen molar-refractivity contribution in [2.45, 2.75) is 26.4 Å². The lowest BCUT2D eigenvalue weighted by molar-refractivity contribution is -0.719. The average molecular weight is 209 g/mol. The summed E-state index contributed by atoms with van der Waals surface area (Å²) in [6.07, 6.45) is 0. The molecular formula is C10H15N3O2. The third-order valence-electron chi connectivity index (χ3n) is 2.08. The van der Waals surface area contributed by atoms with Gasteiger partial charge < -0.3 is 10.4 Å². The van der Waals surface area contributed by atoms with E-state index in [4.69, 9.17) is 5.21 Å². The molecule has 0 saturated heterocycles. The second kappa shape index (κ2) is 5.19. The third kappa shape index (κ3) is 3.12. The van der Waals surface area contributed by atoms with Crippen molar-refractivity contribution in [3.8, 4) is 0 Å². The van der Waals surface area contributed by atoms with Crippen molar-refractivity contribution in [2.24, 2.45) is 5.28 Å². The number of rotatable bonds is 4. The Hall–Kier alpha value is -1.78. The first-order valence-corrected chi connectivity index (χ1v) is 4.78. The number of hydrogen-bond donors (Lipinski definition) is 1. The Kier molecular flexibility index (Phi) is 3.91. The van der Waals surface area contributed by atoms with E-state index >= 15 is 0 Å². The zero-order valence-corrected chi connectivity index (χ0v) is 8.87. The van der Waals surface area contributed by atoms with Crippen LogP contribution < -0.4 is 0 Å². The molecule has 1 N–H and O–H groups in total. The van der Waals surface area contributed by atoms with Crippen LogP contribution in [0.15, 0.2) is 35.6 Å². The summed E-state index contributed by atoms with van der Waals surface area (Å²) in [5.41, 5.74) is 0.996. The molecule has 0 atom stereocenters. The second-order valence-electron chi connectivity index (χ2n) is 3.52. The molecule has 0 amide bonds. The maximum atomic E-state index is 11.2. The Morgan fingerprint density at radius 2 is 2.00 bits per heavy atom. The normalized spacial score (nSPS) is 11.8. The van der Waals surface area contributed by atoms with Crippen molar-refractivity contribution in [3.63, 3.8) is 0 Å². The van der Waals surface area contributed by atoms with Gasteiger partial charge in [-0.15, -0.1) is 5.01 Å². The summed E-state index contributed by atoms with van der Waals surface area (Å²) < 4.78 is 0. The van der Waals surface area contributed by atoms with E-state index < -0.39 is 0 Å². The minimum Gasteiger partial charge on any atom is -0.569 e. The first-order chi connectivity index (χ1) is 7.15. The third-order valence-corrected chi connectivity index (χ3v) is 2.08. The van der Waals surface area contributed by atoms with Crippen molar-refractivity contribution in [2.75, 3.05) is 0 Å². The fourth-order valence-electron chi connectivity index (χ4n) is 1.26. The largest absolute Gasteiger partial charge is 0.569 e. The number of nitrogens with zero attached hydrogens (tertiary/aromatic N) is 3. The van der Waals surface area contributed by atoms with Gasteiger partial charge in [-0.25, -0.2) is 0 Å². The SMILES string of the molecule is CC(C)N(Cc1ccccc1)[N+]([O-])=NO. The highest BCUT2D eigenvalue weighted by molar-refractivity contribution is 5.14. The number of hydrazine groups is 1. The lowest BCUT2D eigenvalue weighted by Crippen LogP contribution is -2.36. The van der Waals surface area contributed by atoms with Gasteiger partial charge in [0, 0.05) is 0 Å². The molecule has 1 aromatic carbocycles. The Labute approximate surface area is 88.8 Å². The molecule has 1 aromatic rings. The van der Waals surface area contributed by atoms with Gasteiger partial charge in [-0.1, -0.05) is 30.3 Å². The summed E-state index contributed by atoms with van der Waals surface area (Å²) >= 11 is 0. The van der Waals surface area contributed by atoms with E-state index in [9.17, 15) is 5.21 Å². The van der Waals surface area contributed by atoms with E-state index in [0.717, 1.165) is 5.56 Å². The monoisotopic (exact) mass is 209 g/mol. The van der Waals surface area contributed by atoms with Crippen molar-refractivity contribution in [3.05, 3.63) is 41.1 Å². The van der Waals surface area contributed by atoms with Crippen LogP contribution in [0.3, 0.4) is 0 Å². The Morgan fingerprint density at radius 3 is 2.47 bits per heavy atom. The Balaban J connectivity index is 2.76. The molecule has 0 saturated carbocycles. The number of hydrogen-bond acceptors (Lipinski definition) is 2. The Bertz CT molecular complexity index is 325. The van der Waals surface area contributed by atoms with Gasteiger partial charge in [0.15, 0.2) is 0 Å². The average Bonchev–Trinajstić information content (AvgIpc) is 2.26. The molecule has 0 heterocycles. The van der Waals surface area contributed by atoms with Gasteiger partial charge in [-0.2, -0.15) is 0 Å². The molecule has 0 aliphatic rings. The maximum absolute atomic E-state index is 11.2. The van der Waals surface area contributed by atoms with Crippen molar-refractivity contribution >= 4 is 0 Å². The summed E-state index contributed by atoms with van der Waals surface area (Å²) in [6.45, 7) is 4.14. The highest BCUT2D eigenvalue weighted by Gasteiger charge is 2.17. The van der Waals surface area contributed by atoms with E-state index in [1.807, 2.05) is 44.2 Å². The van der Waals surface area contributed by atoms with Crippen LogP contribution in [0.4, 0.5) is 0 Å². The predicted molar refractivity (Wildman–Crippen MR) is 55.0 cm³/mol. The summed E-state index contributed by atoms with van der Waals surface area (Å²) in [5, 5.41) is 23.6. The minimum absolute atomic E-state index is 0.0291. The minimum atomic E-state index is -0.0291. The van der Waals surface area contributed by atoms with E-state index in [2.05, 4.69) is 5.28 Å². The fourth-order valence-corrected chi connectivity index (χ4v) is 1.26. The summed E-state index contributed by atoms with van der Waals surface area (Å²) in [5.74, 6) is 0. The van der Waals surface area contributed by atoms with Gasteiger partial charge >= 0.3 is 0 Å². The molecule has 15 heavy (non-hydrogen) atoms. The molecule has 5 heteroatoms. The molecule has 0 radical (unpaired) electrons. The van der Waals surface area contributed by atoms with Crippen LogP contribution in [0.1, 0.15) is 19.4 Å². The zero-order chi connectivity index (χ0) is 11.3. The van der Waals surface area contributed by atoms with Crippen LogP contribution in [-0.4, -0.2) is 21.2 Å². The fraction of sp³-hybridized carbons (Fsp3) is 0.400. The smallest absolute Gasteiger partial charge is 0.230 e. The first-order valence-electron chi connectivity index (χ1n) is 4.78. The molecule has 0 aromatic heterocycles. The van der Waals surface area contributed by atoms with Crippen LogP contribution in [-0.2, 0) is 6.54 Å².